The van der Waals surface area contributed by atoms with Crippen molar-refractivity contribution in [3.05, 3.63) is 66.2 Å². The quantitative estimate of drug-likeness (QED) is 0.656. The number of nitrogens with zero attached hydrogens (tertiary/aromatic N) is 1. The van der Waals surface area contributed by atoms with Crippen LogP contribution in [0.5, 0.6) is 11.5 Å². The zero-order chi connectivity index (χ0) is 20.9. The van der Waals surface area contributed by atoms with Crippen LogP contribution in [0, 0.1) is 5.92 Å². The second-order valence-electron chi connectivity index (χ2n) is 8.01. The van der Waals surface area contributed by atoms with Gasteiger partial charge in [0.25, 0.3) is 0 Å². The summed E-state index contributed by atoms with van der Waals surface area (Å²) in [6.45, 7) is 6.44. The van der Waals surface area contributed by atoms with Crippen molar-refractivity contribution in [1.29, 1.82) is 0 Å². The number of nitrogens with one attached hydrogen (secondary N) is 1. The Hall–Kier alpha value is -2.95. The molecule has 0 aromatic heterocycles. The Labute approximate surface area is 178 Å². The third kappa shape index (κ3) is 4.78. The second-order valence-corrected chi connectivity index (χ2v) is 8.01. The van der Waals surface area contributed by atoms with E-state index in [4.69, 9.17) is 9.47 Å². The van der Waals surface area contributed by atoms with Crippen LogP contribution in [-0.4, -0.2) is 31.7 Å². The Morgan fingerprint density at radius 3 is 2.30 bits per heavy atom. The van der Waals surface area contributed by atoms with Gasteiger partial charge in [-0.1, -0.05) is 24.3 Å². The minimum absolute atomic E-state index is 0.00833. The highest BCUT2D eigenvalue weighted by Crippen LogP contribution is 2.27. The lowest BCUT2D eigenvalue weighted by Gasteiger charge is -2.40. The molecule has 1 aliphatic heterocycles. The molecule has 4 rings (SSSR count). The van der Waals surface area contributed by atoms with Crippen molar-refractivity contribution in [3.63, 3.8) is 0 Å². The van der Waals surface area contributed by atoms with Crippen LogP contribution in [0.4, 0.5) is 5.69 Å². The molecule has 1 unspecified atom stereocenters. The molecule has 0 radical (unpaired) electrons. The molecule has 5 heteroatoms. The maximum absolute atomic E-state index is 12.3. The van der Waals surface area contributed by atoms with E-state index < -0.39 is 0 Å². The van der Waals surface area contributed by atoms with E-state index in [1.165, 1.54) is 5.69 Å². The Balaban J connectivity index is 1.24. The van der Waals surface area contributed by atoms with Gasteiger partial charge in [-0.05, 0) is 68.7 Å². The van der Waals surface area contributed by atoms with E-state index in [1.807, 2.05) is 50.2 Å². The number of anilines is 1. The van der Waals surface area contributed by atoms with Crippen LogP contribution in [-0.2, 0) is 4.79 Å². The van der Waals surface area contributed by atoms with Gasteiger partial charge < -0.3 is 19.7 Å². The second kappa shape index (κ2) is 9.24. The number of allylic oxidation sites excluding steroid dienone is 2. The first-order valence-corrected chi connectivity index (χ1v) is 10.8. The first-order chi connectivity index (χ1) is 14.6. The predicted octanol–water partition coefficient (Wildman–Crippen LogP) is 4.50. The van der Waals surface area contributed by atoms with E-state index >= 15 is 0 Å². The number of benzene rings is 2. The summed E-state index contributed by atoms with van der Waals surface area (Å²) in [6.07, 6.45) is 6.05. The van der Waals surface area contributed by atoms with Crippen LogP contribution in [0.3, 0.4) is 0 Å². The summed E-state index contributed by atoms with van der Waals surface area (Å²) < 4.78 is 11.6. The van der Waals surface area contributed by atoms with E-state index in [9.17, 15) is 4.79 Å². The molecule has 2 aromatic rings. The molecule has 0 spiro atoms. The summed E-state index contributed by atoms with van der Waals surface area (Å²) in [4.78, 5) is 14.6. The van der Waals surface area contributed by atoms with Gasteiger partial charge in [0, 0.05) is 11.6 Å². The molecule has 30 heavy (non-hydrogen) atoms. The summed E-state index contributed by atoms with van der Waals surface area (Å²) in [5, 5.41) is 3.12. The van der Waals surface area contributed by atoms with E-state index in [0.29, 0.717) is 6.61 Å². The fourth-order valence-electron chi connectivity index (χ4n) is 3.92. The zero-order valence-electron chi connectivity index (χ0n) is 17.7. The lowest BCUT2D eigenvalue weighted by atomic mass is 10.0. The lowest BCUT2D eigenvalue weighted by molar-refractivity contribution is -0.125. The Kier molecular flexibility index (Phi) is 6.26. The lowest BCUT2D eigenvalue weighted by Crippen LogP contribution is -2.54. The maximum atomic E-state index is 12.3. The molecule has 158 valence electrons. The van der Waals surface area contributed by atoms with Crippen LogP contribution in [0.2, 0.25) is 0 Å². The van der Waals surface area contributed by atoms with Crippen molar-refractivity contribution in [2.75, 3.05) is 24.6 Å². The molecule has 1 amide bonds. The zero-order valence-corrected chi connectivity index (χ0v) is 17.7. The molecule has 0 saturated carbocycles. The van der Waals surface area contributed by atoms with E-state index in [-0.39, 0.29) is 24.0 Å². The van der Waals surface area contributed by atoms with Crippen molar-refractivity contribution in [2.45, 2.75) is 38.8 Å². The summed E-state index contributed by atoms with van der Waals surface area (Å²) in [7, 11) is 0. The average molecular weight is 407 g/mol. The predicted molar refractivity (Wildman–Crippen MR) is 119 cm³/mol. The van der Waals surface area contributed by atoms with Gasteiger partial charge in [0.2, 0.25) is 5.91 Å². The molecule has 0 bridgehead atoms. The van der Waals surface area contributed by atoms with Crippen LogP contribution in [0.15, 0.2) is 60.7 Å². The molecule has 1 saturated heterocycles. The number of ether oxygens (including phenoxy) is 2. The highest BCUT2D eigenvalue weighted by atomic mass is 16.5. The molecule has 1 fully saturated rings. The van der Waals surface area contributed by atoms with Gasteiger partial charge >= 0.3 is 0 Å². The third-order valence-electron chi connectivity index (χ3n) is 5.78. The molecule has 5 nitrogen and oxygen atoms in total. The van der Waals surface area contributed by atoms with Gasteiger partial charge in [0.1, 0.15) is 17.6 Å². The third-order valence-corrected chi connectivity index (χ3v) is 5.78. The monoisotopic (exact) mass is 406 g/mol. The molecule has 1 heterocycles. The van der Waals surface area contributed by atoms with Gasteiger partial charge in [-0.3, -0.25) is 4.79 Å². The van der Waals surface area contributed by atoms with Crippen molar-refractivity contribution in [3.8, 4) is 11.5 Å². The first-order valence-electron chi connectivity index (χ1n) is 10.8. The molecular weight excluding hydrogens is 376 g/mol. The number of carbonyl (C=O) groups excluding carboxylic acids is 1. The number of carbonyl (C=O) groups is 1. The SMILES string of the molecule is CCOc1ccc(N2CC(Oc3ccc(C(C)NC(=O)C4CC=CC4)cc3)C2)cc1. The van der Waals surface area contributed by atoms with Crippen molar-refractivity contribution in [1.82, 2.24) is 5.32 Å². The Bertz CT molecular complexity index is 862. The number of amides is 1. The maximum Gasteiger partial charge on any atom is 0.224 e. The topological polar surface area (TPSA) is 50.8 Å². The van der Waals surface area contributed by atoms with Gasteiger partial charge in [0.05, 0.1) is 25.7 Å². The fraction of sp³-hybridized carbons (Fsp3) is 0.400. The molecule has 2 aliphatic rings. The molecular formula is C25H30N2O3. The highest BCUT2D eigenvalue weighted by molar-refractivity contribution is 5.79. The van der Waals surface area contributed by atoms with Gasteiger partial charge in [0.15, 0.2) is 0 Å². The first kappa shape index (κ1) is 20.3. The standard InChI is InChI=1S/C25H30N2O3/c1-3-29-22-14-10-21(11-15-22)27-16-24(17-27)30-23-12-8-19(9-13-23)18(2)26-25(28)20-6-4-5-7-20/h4-5,8-15,18,20,24H,3,6-7,16-17H2,1-2H3,(H,26,28). The van der Waals surface area contributed by atoms with E-state index in [2.05, 4.69) is 34.5 Å². The van der Waals surface area contributed by atoms with E-state index in [1.54, 1.807) is 0 Å². The largest absolute Gasteiger partial charge is 0.494 e. The van der Waals surface area contributed by atoms with Crippen molar-refractivity contribution < 1.29 is 14.3 Å². The normalized spacial score (nSPS) is 17.5. The number of hydrogen-bond acceptors (Lipinski definition) is 4. The highest BCUT2D eigenvalue weighted by Gasteiger charge is 2.28. The number of rotatable bonds is 8. The van der Waals surface area contributed by atoms with Crippen molar-refractivity contribution >= 4 is 11.6 Å². The summed E-state index contributed by atoms with van der Waals surface area (Å²) in [6, 6.07) is 16.3. The van der Waals surface area contributed by atoms with Gasteiger partial charge in [-0.15, -0.1) is 0 Å². The summed E-state index contributed by atoms with van der Waals surface area (Å²) >= 11 is 0. The average Bonchev–Trinajstić information content (AvgIpc) is 3.27. The number of hydrogen-bond donors (Lipinski definition) is 1. The van der Waals surface area contributed by atoms with Crippen LogP contribution < -0.4 is 19.7 Å². The summed E-state index contributed by atoms with van der Waals surface area (Å²) in [5.74, 6) is 2.00. The van der Waals surface area contributed by atoms with Gasteiger partial charge in [-0.25, -0.2) is 0 Å². The minimum Gasteiger partial charge on any atom is -0.494 e. The van der Waals surface area contributed by atoms with Crippen LogP contribution in [0.1, 0.15) is 38.3 Å². The molecule has 1 N–H and O–H groups in total. The van der Waals surface area contributed by atoms with Crippen molar-refractivity contribution in [2.24, 2.45) is 5.92 Å². The van der Waals surface area contributed by atoms with Crippen LogP contribution in [0.25, 0.3) is 0 Å². The van der Waals surface area contributed by atoms with Gasteiger partial charge in [-0.2, -0.15) is 0 Å². The minimum atomic E-state index is -0.00833. The smallest absolute Gasteiger partial charge is 0.224 e. The molecule has 2 aromatic carbocycles. The molecule has 1 atom stereocenters. The fourth-order valence-corrected chi connectivity index (χ4v) is 3.92. The van der Waals surface area contributed by atoms with E-state index in [0.717, 1.165) is 43.0 Å². The summed E-state index contributed by atoms with van der Waals surface area (Å²) in [5.41, 5.74) is 2.28. The Morgan fingerprint density at radius 1 is 1.03 bits per heavy atom. The Morgan fingerprint density at radius 2 is 1.67 bits per heavy atom. The molecule has 1 aliphatic carbocycles. The van der Waals surface area contributed by atoms with Crippen LogP contribution >= 0.6 is 0 Å².